The molecular formula is C15H12F4N2O3. The lowest BCUT2D eigenvalue weighted by molar-refractivity contribution is -0.140. The van der Waals surface area contributed by atoms with Crippen LogP contribution in [-0.4, -0.2) is 15.7 Å². The van der Waals surface area contributed by atoms with Gasteiger partial charge in [-0.25, -0.2) is 13.9 Å². The van der Waals surface area contributed by atoms with E-state index in [9.17, 15) is 27.2 Å². The van der Waals surface area contributed by atoms with Gasteiger partial charge in [-0.3, -0.25) is 4.79 Å². The van der Waals surface area contributed by atoms with E-state index < -0.39 is 34.8 Å². The summed E-state index contributed by atoms with van der Waals surface area (Å²) in [5.41, 5.74) is -2.02. The Morgan fingerprint density at radius 3 is 2.46 bits per heavy atom. The Bertz CT molecular complexity index is 872. The highest BCUT2D eigenvalue weighted by Crippen LogP contribution is 2.33. The first-order valence-corrected chi connectivity index (χ1v) is 6.65. The molecule has 0 saturated heterocycles. The SMILES string of the molecule is Cc1nn(C)c(=O)c(C(=O)Oc2ccc(F)c(C(F)(F)F)c2)c1C. The van der Waals surface area contributed by atoms with Crippen LogP contribution in [0.15, 0.2) is 23.0 Å². The second-order valence-electron chi connectivity index (χ2n) is 5.04. The van der Waals surface area contributed by atoms with Crippen molar-refractivity contribution in [3.8, 4) is 5.75 Å². The molecule has 0 aliphatic heterocycles. The Morgan fingerprint density at radius 1 is 1.25 bits per heavy atom. The Balaban J connectivity index is 2.44. The number of alkyl halides is 3. The molecule has 1 aromatic heterocycles. The molecule has 0 N–H and O–H groups in total. The predicted octanol–water partition coefficient (Wildman–Crippen LogP) is 2.77. The van der Waals surface area contributed by atoms with Gasteiger partial charge in [-0.2, -0.15) is 18.3 Å². The molecule has 9 heteroatoms. The van der Waals surface area contributed by atoms with E-state index in [1.165, 1.54) is 14.0 Å². The molecule has 0 bridgehead atoms. The van der Waals surface area contributed by atoms with Crippen molar-refractivity contribution in [1.29, 1.82) is 0 Å². The Kier molecular flexibility index (Phi) is 4.46. The number of carbonyl (C=O) groups is 1. The highest BCUT2D eigenvalue weighted by Gasteiger charge is 2.34. The lowest BCUT2D eigenvalue weighted by Crippen LogP contribution is -2.30. The lowest BCUT2D eigenvalue weighted by Gasteiger charge is -2.12. The molecule has 0 aliphatic rings. The predicted molar refractivity (Wildman–Crippen MR) is 75.3 cm³/mol. The molecule has 0 unspecified atom stereocenters. The number of halogens is 4. The van der Waals surface area contributed by atoms with Crippen LogP contribution in [0.1, 0.15) is 27.2 Å². The van der Waals surface area contributed by atoms with E-state index in [1.54, 1.807) is 6.92 Å². The zero-order valence-corrected chi connectivity index (χ0v) is 12.9. The summed E-state index contributed by atoms with van der Waals surface area (Å²) < 4.78 is 57.0. The van der Waals surface area contributed by atoms with E-state index in [1.807, 2.05) is 0 Å². The molecule has 0 aliphatic carbocycles. The molecule has 0 fully saturated rings. The van der Waals surface area contributed by atoms with Crippen LogP contribution in [-0.2, 0) is 13.2 Å². The van der Waals surface area contributed by atoms with Crippen molar-refractivity contribution in [2.24, 2.45) is 7.05 Å². The van der Waals surface area contributed by atoms with Gasteiger partial charge in [-0.1, -0.05) is 0 Å². The summed E-state index contributed by atoms with van der Waals surface area (Å²) in [4.78, 5) is 24.2. The molecular weight excluding hydrogens is 332 g/mol. The first-order valence-electron chi connectivity index (χ1n) is 6.65. The fraction of sp³-hybridized carbons (Fsp3) is 0.267. The van der Waals surface area contributed by atoms with Crippen LogP contribution >= 0.6 is 0 Å². The molecule has 0 amide bonds. The van der Waals surface area contributed by atoms with Gasteiger partial charge >= 0.3 is 12.1 Å². The first-order chi connectivity index (χ1) is 11.0. The van der Waals surface area contributed by atoms with E-state index in [4.69, 9.17) is 4.74 Å². The molecule has 5 nitrogen and oxygen atoms in total. The third-order valence-electron chi connectivity index (χ3n) is 3.38. The Labute approximate surface area is 133 Å². The summed E-state index contributed by atoms with van der Waals surface area (Å²) in [6, 6.07) is 1.77. The van der Waals surface area contributed by atoms with E-state index in [0.29, 0.717) is 17.8 Å². The van der Waals surface area contributed by atoms with E-state index in [-0.39, 0.29) is 11.1 Å². The second-order valence-corrected chi connectivity index (χ2v) is 5.04. The van der Waals surface area contributed by atoms with Crippen molar-refractivity contribution in [3.63, 3.8) is 0 Å². The molecule has 128 valence electrons. The second kappa shape index (κ2) is 6.06. The summed E-state index contributed by atoms with van der Waals surface area (Å²) in [6.07, 6.45) is -4.94. The standard InChI is InChI=1S/C15H12F4N2O3/c1-7-8(2)20-21(3)13(22)12(7)14(23)24-9-4-5-11(16)10(6-9)15(17,18)19/h4-6H,1-3H3. The van der Waals surface area contributed by atoms with Crippen molar-refractivity contribution in [2.75, 3.05) is 0 Å². The number of carbonyl (C=O) groups excluding carboxylic acids is 1. The summed E-state index contributed by atoms with van der Waals surface area (Å²) >= 11 is 0. The van der Waals surface area contributed by atoms with Gasteiger partial charge in [0.1, 0.15) is 17.1 Å². The zero-order chi connectivity index (χ0) is 18.2. The summed E-state index contributed by atoms with van der Waals surface area (Å²) in [5, 5.41) is 3.88. The average Bonchev–Trinajstić information content (AvgIpc) is 2.46. The molecule has 2 aromatic rings. The maximum absolute atomic E-state index is 13.2. The van der Waals surface area contributed by atoms with E-state index >= 15 is 0 Å². The minimum Gasteiger partial charge on any atom is -0.423 e. The van der Waals surface area contributed by atoms with E-state index in [0.717, 1.165) is 10.7 Å². The molecule has 0 atom stereocenters. The van der Waals surface area contributed by atoms with Gasteiger partial charge in [0.25, 0.3) is 5.56 Å². The minimum absolute atomic E-state index is 0.251. The number of nitrogens with zero attached hydrogens (tertiary/aromatic N) is 2. The number of hydrogen-bond donors (Lipinski definition) is 0. The van der Waals surface area contributed by atoms with Crippen molar-refractivity contribution in [2.45, 2.75) is 20.0 Å². The van der Waals surface area contributed by atoms with Gasteiger partial charge in [-0.05, 0) is 37.6 Å². The number of aromatic nitrogens is 2. The zero-order valence-electron chi connectivity index (χ0n) is 12.9. The van der Waals surface area contributed by atoms with Crippen LogP contribution in [0.25, 0.3) is 0 Å². The smallest absolute Gasteiger partial charge is 0.419 e. The van der Waals surface area contributed by atoms with Gasteiger partial charge in [-0.15, -0.1) is 0 Å². The maximum Gasteiger partial charge on any atom is 0.419 e. The molecule has 0 spiro atoms. The van der Waals surface area contributed by atoms with Gasteiger partial charge in [0.05, 0.1) is 11.3 Å². The maximum atomic E-state index is 13.2. The summed E-state index contributed by atoms with van der Waals surface area (Å²) in [6.45, 7) is 3.03. The van der Waals surface area contributed by atoms with Crippen molar-refractivity contribution >= 4 is 5.97 Å². The molecule has 1 heterocycles. The molecule has 0 saturated carbocycles. The van der Waals surface area contributed by atoms with Crippen molar-refractivity contribution in [1.82, 2.24) is 9.78 Å². The number of benzene rings is 1. The monoisotopic (exact) mass is 344 g/mol. The van der Waals surface area contributed by atoms with Crippen LogP contribution in [0.3, 0.4) is 0 Å². The largest absolute Gasteiger partial charge is 0.423 e. The Hall–Kier alpha value is -2.71. The van der Waals surface area contributed by atoms with Gasteiger partial charge in [0, 0.05) is 7.05 Å². The normalized spacial score (nSPS) is 11.5. The summed E-state index contributed by atoms with van der Waals surface area (Å²) in [5.74, 6) is -3.16. The highest BCUT2D eigenvalue weighted by molar-refractivity contribution is 5.92. The van der Waals surface area contributed by atoms with Crippen LogP contribution < -0.4 is 10.3 Å². The molecule has 1 aromatic carbocycles. The molecule has 2 rings (SSSR count). The number of ether oxygens (including phenoxy) is 1. The third-order valence-corrected chi connectivity index (χ3v) is 3.38. The summed E-state index contributed by atoms with van der Waals surface area (Å²) in [7, 11) is 1.32. The number of esters is 1. The number of aryl methyl sites for hydroxylation is 2. The molecule has 24 heavy (non-hydrogen) atoms. The van der Waals surface area contributed by atoms with Gasteiger partial charge in [0.2, 0.25) is 0 Å². The quantitative estimate of drug-likeness (QED) is 0.477. The first kappa shape index (κ1) is 17.6. The van der Waals surface area contributed by atoms with Gasteiger partial charge in [0.15, 0.2) is 0 Å². The van der Waals surface area contributed by atoms with Crippen molar-refractivity contribution < 1.29 is 27.1 Å². The fourth-order valence-corrected chi connectivity index (χ4v) is 2.03. The van der Waals surface area contributed by atoms with Gasteiger partial charge < -0.3 is 4.74 Å². The lowest BCUT2D eigenvalue weighted by atomic mass is 10.1. The van der Waals surface area contributed by atoms with E-state index in [2.05, 4.69) is 5.10 Å². The third kappa shape index (κ3) is 3.29. The van der Waals surface area contributed by atoms with Crippen LogP contribution in [0.5, 0.6) is 5.75 Å². The molecule has 0 radical (unpaired) electrons. The van der Waals surface area contributed by atoms with Crippen LogP contribution in [0.4, 0.5) is 17.6 Å². The fourth-order valence-electron chi connectivity index (χ4n) is 2.03. The Morgan fingerprint density at radius 2 is 1.88 bits per heavy atom. The van der Waals surface area contributed by atoms with Crippen LogP contribution in [0.2, 0.25) is 0 Å². The average molecular weight is 344 g/mol. The minimum atomic E-state index is -4.94. The van der Waals surface area contributed by atoms with Crippen molar-refractivity contribution in [3.05, 3.63) is 56.8 Å². The topological polar surface area (TPSA) is 61.2 Å². The number of hydrogen-bond acceptors (Lipinski definition) is 4. The highest BCUT2D eigenvalue weighted by atomic mass is 19.4. The van der Waals surface area contributed by atoms with Crippen LogP contribution in [0, 0.1) is 19.7 Å². The number of rotatable bonds is 2.